The van der Waals surface area contributed by atoms with E-state index in [2.05, 4.69) is 4.98 Å². The van der Waals surface area contributed by atoms with Crippen LogP contribution in [-0.2, 0) is 6.61 Å². The molecular weight excluding hydrogens is 342 g/mol. The van der Waals surface area contributed by atoms with Crippen LogP contribution >= 0.6 is 0 Å². The summed E-state index contributed by atoms with van der Waals surface area (Å²) in [6.45, 7) is 0.205. The van der Waals surface area contributed by atoms with Gasteiger partial charge in [-0.3, -0.25) is 5.01 Å². The fourth-order valence-corrected chi connectivity index (χ4v) is 2.56. The number of nitrogens with zero attached hydrogens (tertiary/aromatic N) is 3. The number of hydrogen-bond acceptors (Lipinski definition) is 5. The molecule has 1 aromatic heterocycles. The van der Waals surface area contributed by atoms with Gasteiger partial charge in [0, 0.05) is 24.2 Å². The van der Waals surface area contributed by atoms with Crippen LogP contribution in [0.2, 0.25) is 0 Å². The number of pyridine rings is 1. The van der Waals surface area contributed by atoms with E-state index in [1.54, 1.807) is 18.2 Å². The van der Waals surface area contributed by atoms with Gasteiger partial charge in [-0.15, -0.1) is 0 Å². The van der Waals surface area contributed by atoms with Gasteiger partial charge in [-0.25, -0.2) is 26.5 Å². The first-order valence-corrected chi connectivity index (χ1v) is 8.36. The Morgan fingerprint density at radius 1 is 0.963 bits per heavy atom. The molecule has 0 saturated heterocycles. The van der Waals surface area contributed by atoms with Crippen LogP contribution in [-0.4, -0.2) is 23.1 Å². The number of amides is 2. The number of urea groups is 1. The van der Waals surface area contributed by atoms with Gasteiger partial charge in [0.1, 0.15) is 6.61 Å². The molecule has 0 saturated carbocycles. The first-order chi connectivity index (χ1) is 13.1. The van der Waals surface area contributed by atoms with Crippen molar-refractivity contribution in [3.63, 3.8) is 0 Å². The Balaban J connectivity index is 1.77. The summed E-state index contributed by atoms with van der Waals surface area (Å²) in [5.41, 5.74) is 3.08. The molecule has 3 aromatic rings. The number of aromatic nitrogens is 1. The Hall–Kier alpha value is -3.42. The molecule has 2 aromatic carbocycles. The number of hydrazine groups is 2. The Labute approximate surface area is 157 Å². The standard InChI is InChI=1S/C20H21N5O2/c1-24(21)20(26)25(22)18-12-6-5-10-16(18)14-27-19-13-7-11-17(23-19)15-8-3-2-4-9-15/h2-13H,14,21-22H2,1H3. The molecular formula is C20H21N5O2. The third-order valence-electron chi connectivity index (χ3n) is 3.93. The number of carbonyl (C=O) groups is 1. The smallest absolute Gasteiger partial charge is 0.352 e. The largest absolute Gasteiger partial charge is 0.473 e. The molecule has 0 aliphatic rings. The number of para-hydroxylation sites is 1. The number of benzene rings is 2. The average Bonchev–Trinajstić information content (AvgIpc) is 2.72. The number of anilines is 1. The van der Waals surface area contributed by atoms with Gasteiger partial charge >= 0.3 is 6.03 Å². The highest BCUT2D eigenvalue weighted by Crippen LogP contribution is 2.23. The maximum Gasteiger partial charge on any atom is 0.352 e. The first kappa shape index (κ1) is 18.4. The predicted molar refractivity (Wildman–Crippen MR) is 104 cm³/mol. The van der Waals surface area contributed by atoms with Crippen LogP contribution in [0, 0.1) is 0 Å². The molecule has 4 N–H and O–H groups in total. The summed E-state index contributed by atoms with van der Waals surface area (Å²) in [5.74, 6) is 11.9. The van der Waals surface area contributed by atoms with Crippen molar-refractivity contribution in [1.82, 2.24) is 9.99 Å². The molecule has 0 bridgehead atoms. The third-order valence-corrected chi connectivity index (χ3v) is 3.93. The van der Waals surface area contributed by atoms with Crippen LogP contribution in [0.4, 0.5) is 10.5 Å². The zero-order valence-corrected chi connectivity index (χ0v) is 14.9. The van der Waals surface area contributed by atoms with E-state index >= 15 is 0 Å². The Morgan fingerprint density at radius 2 is 1.67 bits per heavy atom. The highest BCUT2D eigenvalue weighted by molar-refractivity contribution is 5.91. The number of rotatable bonds is 5. The van der Waals surface area contributed by atoms with Crippen LogP contribution in [0.15, 0.2) is 72.8 Å². The molecule has 0 unspecified atom stereocenters. The van der Waals surface area contributed by atoms with E-state index in [0.29, 0.717) is 11.6 Å². The summed E-state index contributed by atoms with van der Waals surface area (Å²) < 4.78 is 5.84. The van der Waals surface area contributed by atoms with Crippen molar-refractivity contribution >= 4 is 11.7 Å². The average molecular weight is 363 g/mol. The molecule has 0 aliphatic heterocycles. The minimum atomic E-state index is -0.536. The highest BCUT2D eigenvalue weighted by atomic mass is 16.5. The molecule has 0 atom stereocenters. The van der Waals surface area contributed by atoms with E-state index < -0.39 is 6.03 Å². The maximum absolute atomic E-state index is 12.0. The monoisotopic (exact) mass is 363 g/mol. The lowest BCUT2D eigenvalue weighted by Crippen LogP contribution is -2.49. The quantitative estimate of drug-likeness (QED) is 0.413. The number of carbonyl (C=O) groups excluding carboxylic acids is 1. The van der Waals surface area contributed by atoms with Crippen LogP contribution in [0.5, 0.6) is 5.88 Å². The molecule has 7 nitrogen and oxygen atoms in total. The lowest BCUT2D eigenvalue weighted by atomic mass is 10.1. The van der Waals surface area contributed by atoms with Gasteiger partial charge in [0.05, 0.1) is 11.4 Å². The van der Waals surface area contributed by atoms with Gasteiger partial charge in [0.2, 0.25) is 5.88 Å². The van der Waals surface area contributed by atoms with Gasteiger partial charge < -0.3 is 4.74 Å². The second-order valence-electron chi connectivity index (χ2n) is 5.91. The molecule has 0 spiro atoms. The number of hydrogen-bond donors (Lipinski definition) is 2. The van der Waals surface area contributed by atoms with Gasteiger partial charge in [-0.1, -0.05) is 54.6 Å². The molecule has 138 valence electrons. The van der Waals surface area contributed by atoms with Crippen molar-refractivity contribution in [3.05, 3.63) is 78.4 Å². The zero-order valence-electron chi connectivity index (χ0n) is 14.9. The van der Waals surface area contributed by atoms with Crippen molar-refractivity contribution in [2.24, 2.45) is 11.7 Å². The van der Waals surface area contributed by atoms with Crippen LogP contribution in [0.25, 0.3) is 11.3 Å². The van der Waals surface area contributed by atoms with E-state index in [1.165, 1.54) is 7.05 Å². The molecule has 27 heavy (non-hydrogen) atoms. The minimum absolute atomic E-state index is 0.205. The van der Waals surface area contributed by atoms with Crippen molar-refractivity contribution in [2.75, 3.05) is 12.1 Å². The third kappa shape index (κ3) is 4.41. The molecule has 3 rings (SSSR count). The van der Waals surface area contributed by atoms with Gasteiger partial charge in [-0.2, -0.15) is 0 Å². The van der Waals surface area contributed by atoms with Crippen molar-refractivity contribution in [1.29, 1.82) is 0 Å². The first-order valence-electron chi connectivity index (χ1n) is 8.36. The van der Waals surface area contributed by atoms with E-state index in [1.807, 2.05) is 54.6 Å². The molecule has 7 heteroatoms. The summed E-state index contributed by atoms with van der Waals surface area (Å²) in [5, 5.41) is 1.91. The lowest BCUT2D eigenvalue weighted by molar-refractivity contribution is 0.216. The maximum atomic E-state index is 12.0. The summed E-state index contributed by atoms with van der Waals surface area (Å²) in [6, 6.07) is 22.1. The molecule has 1 heterocycles. The Kier molecular flexibility index (Phi) is 5.65. The summed E-state index contributed by atoms with van der Waals surface area (Å²) in [7, 11) is 1.43. The fourth-order valence-electron chi connectivity index (χ4n) is 2.56. The van der Waals surface area contributed by atoms with E-state index in [4.69, 9.17) is 16.4 Å². The predicted octanol–water partition coefficient (Wildman–Crippen LogP) is 2.93. The number of ether oxygens (including phenoxy) is 1. The van der Waals surface area contributed by atoms with Gasteiger partial charge in [0.15, 0.2) is 0 Å². The Morgan fingerprint density at radius 3 is 2.41 bits per heavy atom. The highest BCUT2D eigenvalue weighted by Gasteiger charge is 2.17. The summed E-state index contributed by atoms with van der Waals surface area (Å²) in [4.78, 5) is 16.6. The molecule has 0 fully saturated rings. The van der Waals surface area contributed by atoms with Gasteiger partial charge in [0.25, 0.3) is 0 Å². The second kappa shape index (κ2) is 8.31. The van der Waals surface area contributed by atoms with Crippen molar-refractivity contribution in [3.8, 4) is 17.1 Å². The fraction of sp³-hybridized carbons (Fsp3) is 0.100. The Bertz CT molecular complexity index is 915. The van der Waals surface area contributed by atoms with Crippen LogP contribution < -0.4 is 21.4 Å². The SMILES string of the molecule is CN(N)C(=O)N(N)c1ccccc1COc1cccc(-c2ccccc2)n1. The lowest BCUT2D eigenvalue weighted by Gasteiger charge is -2.23. The van der Waals surface area contributed by atoms with Crippen molar-refractivity contribution < 1.29 is 9.53 Å². The van der Waals surface area contributed by atoms with Crippen LogP contribution in [0.3, 0.4) is 0 Å². The van der Waals surface area contributed by atoms with E-state index in [-0.39, 0.29) is 6.61 Å². The topological polar surface area (TPSA) is 97.7 Å². The number of nitrogens with two attached hydrogens (primary N) is 2. The van der Waals surface area contributed by atoms with E-state index in [0.717, 1.165) is 26.8 Å². The van der Waals surface area contributed by atoms with Crippen LogP contribution in [0.1, 0.15) is 5.56 Å². The molecule has 0 aliphatic carbocycles. The van der Waals surface area contributed by atoms with Gasteiger partial charge in [-0.05, 0) is 12.1 Å². The van der Waals surface area contributed by atoms with E-state index in [9.17, 15) is 4.79 Å². The molecule has 2 amide bonds. The zero-order chi connectivity index (χ0) is 19.2. The normalized spacial score (nSPS) is 10.3. The van der Waals surface area contributed by atoms with Crippen molar-refractivity contribution in [2.45, 2.75) is 6.61 Å². The summed E-state index contributed by atoms with van der Waals surface area (Å²) in [6.07, 6.45) is 0. The molecule has 0 radical (unpaired) electrons. The second-order valence-corrected chi connectivity index (χ2v) is 5.91. The summed E-state index contributed by atoms with van der Waals surface area (Å²) >= 11 is 0. The minimum Gasteiger partial charge on any atom is -0.473 e.